The lowest BCUT2D eigenvalue weighted by Gasteiger charge is -2.13. The van der Waals surface area contributed by atoms with Crippen LogP contribution in [0, 0.1) is 6.92 Å². The van der Waals surface area contributed by atoms with Crippen molar-refractivity contribution in [2.75, 3.05) is 13.7 Å². The van der Waals surface area contributed by atoms with Crippen molar-refractivity contribution < 1.29 is 17.9 Å². The summed E-state index contributed by atoms with van der Waals surface area (Å²) in [4.78, 5) is 8.01. The van der Waals surface area contributed by atoms with Gasteiger partial charge >= 0.3 is 6.18 Å². The third-order valence-electron chi connectivity index (χ3n) is 3.57. The van der Waals surface area contributed by atoms with E-state index < -0.39 is 12.8 Å². The van der Waals surface area contributed by atoms with E-state index >= 15 is 0 Å². The molecule has 1 aromatic carbocycles. The third kappa shape index (κ3) is 8.46. The average Bonchev–Trinajstić information content (AvgIpc) is 2.62. The van der Waals surface area contributed by atoms with E-state index in [0.717, 1.165) is 5.56 Å². The van der Waals surface area contributed by atoms with Crippen molar-refractivity contribution in [1.82, 2.24) is 15.6 Å². The molecule has 9 heteroatoms. The van der Waals surface area contributed by atoms with Gasteiger partial charge in [-0.2, -0.15) is 13.2 Å². The zero-order valence-corrected chi connectivity index (χ0v) is 17.3. The summed E-state index contributed by atoms with van der Waals surface area (Å²) in [6.45, 7) is 1.75. The summed E-state index contributed by atoms with van der Waals surface area (Å²) in [7, 11) is 1.67. The number of guanidine groups is 1. The fourth-order valence-corrected chi connectivity index (χ4v) is 2.15. The van der Waals surface area contributed by atoms with Crippen LogP contribution in [0.2, 0.25) is 0 Å². The highest BCUT2D eigenvalue weighted by Crippen LogP contribution is 2.17. The molecular weight excluding hydrogens is 472 g/mol. The maximum atomic E-state index is 12.1. The summed E-state index contributed by atoms with van der Waals surface area (Å²) in [5.41, 5.74) is 3.15. The van der Waals surface area contributed by atoms with E-state index in [1.165, 1.54) is 23.4 Å². The van der Waals surface area contributed by atoms with Crippen LogP contribution in [0.15, 0.2) is 47.6 Å². The van der Waals surface area contributed by atoms with Gasteiger partial charge in [-0.05, 0) is 23.6 Å². The molecule has 2 rings (SSSR count). The first-order chi connectivity index (χ1) is 12.4. The van der Waals surface area contributed by atoms with Gasteiger partial charge in [-0.3, -0.25) is 4.99 Å². The molecule has 27 heavy (non-hydrogen) atoms. The maximum Gasteiger partial charge on any atom is 0.422 e. The Bertz CT molecular complexity index is 736. The fourth-order valence-electron chi connectivity index (χ4n) is 2.15. The lowest BCUT2D eigenvalue weighted by atomic mass is 10.1. The zero-order chi connectivity index (χ0) is 19.0. The molecule has 0 fully saturated rings. The van der Waals surface area contributed by atoms with Crippen LogP contribution in [0.25, 0.3) is 0 Å². The molecule has 148 valence electrons. The average molecular weight is 494 g/mol. The van der Waals surface area contributed by atoms with Crippen molar-refractivity contribution in [3.8, 4) is 5.88 Å². The largest absolute Gasteiger partial charge is 0.468 e. The van der Waals surface area contributed by atoms with Gasteiger partial charge < -0.3 is 15.4 Å². The Hall–Kier alpha value is -2.04. The topological polar surface area (TPSA) is 58.5 Å². The molecule has 0 bridgehead atoms. The highest BCUT2D eigenvalue weighted by Gasteiger charge is 2.28. The molecule has 0 saturated heterocycles. The van der Waals surface area contributed by atoms with Crippen LogP contribution in [-0.4, -0.2) is 30.8 Å². The van der Waals surface area contributed by atoms with E-state index in [1.54, 1.807) is 13.1 Å². The first-order valence-corrected chi connectivity index (χ1v) is 8.01. The highest BCUT2D eigenvalue weighted by atomic mass is 127. The van der Waals surface area contributed by atoms with Crippen molar-refractivity contribution in [3.63, 3.8) is 0 Å². The van der Waals surface area contributed by atoms with E-state index in [1.807, 2.05) is 31.2 Å². The van der Waals surface area contributed by atoms with E-state index in [9.17, 15) is 13.2 Å². The Morgan fingerprint density at radius 1 is 1.11 bits per heavy atom. The van der Waals surface area contributed by atoms with Gasteiger partial charge in [0.1, 0.15) is 0 Å². The van der Waals surface area contributed by atoms with Gasteiger partial charge in [0, 0.05) is 32.4 Å². The van der Waals surface area contributed by atoms with E-state index in [-0.39, 0.29) is 29.9 Å². The molecule has 2 N–H and O–H groups in total. The summed E-state index contributed by atoms with van der Waals surface area (Å²) in [5.74, 6) is 0.554. The Morgan fingerprint density at radius 2 is 1.81 bits per heavy atom. The highest BCUT2D eigenvalue weighted by molar-refractivity contribution is 14.0. The first-order valence-electron chi connectivity index (χ1n) is 8.01. The van der Waals surface area contributed by atoms with Crippen LogP contribution >= 0.6 is 24.0 Å². The van der Waals surface area contributed by atoms with Crippen molar-refractivity contribution in [1.29, 1.82) is 0 Å². The second kappa shape index (κ2) is 11.0. The number of aliphatic imine (C=N–C) groups is 1. The predicted octanol–water partition coefficient (Wildman–Crippen LogP) is 3.81. The molecule has 0 saturated carbocycles. The molecule has 0 atom stereocenters. The van der Waals surface area contributed by atoms with Crippen molar-refractivity contribution in [2.45, 2.75) is 26.2 Å². The zero-order valence-electron chi connectivity index (χ0n) is 15.0. The molecule has 0 radical (unpaired) electrons. The van der Waals surface area contributed by atoms with Crippen LogP contribution in [0.1, 0.15) is 16.7 Å². The van der Waals surface area contributed by atoms with Crippen LogP contribution in [0.5, 0.6) is 5.88 Å². The molecule has 2 aromatic rings. The number of nitrogens with zero attached hydrogens (tertiary/aromatic N) is 2. The van der Waals surface area contributed by atoms with Gasteiger partial charge in [-0.15, -0.1) is 24.0 Å². The Kier molecular flexibility index (Phi) is 9.33. The Labute approximate surface area is 173 Å². The number of rotatable bonds is 6. The number of hydrogen-bond acceptors (Lipinski definition) is 3. The summed E-state index contributed by atoms with van der Waals surface area (Å²) in [6.07, 6.45) is -2.91. The quantitative estimate of drug-likeness (QED) is 0.365. The molecule has 1 aromatic heterocycles. The lowest BCUT2D eigenvalue weighted by Crippen LogP contribution is -2.36. The normalized spacial score (nSPS) is 11.5. The van der Waals surface area contributed by atoms with Gasteiger partial charge in [0.2, 0.25) is 5.88 Å². The smallest absolute Gasteiger partial charge is 0.422 e. The fraction of sp³-hybridized carbons (Fsp3) is 0.333. The van der Waals surface area contributed by atoms with Crippen LogP contribution in [0.3, 0.4) is 0 Å². The molecule has 0 aliphatic heterocycles. The van der Waals surface area contributed by atoms with E-state index in [2.05, 4.69) is 25.3 Å². The molecule has 0 aliphatic rings. The minimum atomic E-state index is -4.38. The number of nitrogens with one attached hydrogen (secondary N) is 2. The number of ether oxygens (including phenoxy) is 1. The van der Waals surface area contributed by atoms with Gasteiger partial charge in [0.25, 0.3) is 0 Å². The third-order valence-corrected chi connectivity index (χ3v) is 3.57. The number of hydrogen-bond donors (Lipinski definition) is 2. The number of benzene rings is 1. The van der Waals surface area contributed by atoms with Crippen molar-refractivity contribution in [2.24, 2.45) is 4.99 Å². The van der Waals surface area contributed by atoms with Crippen LogP contribution in [0.4, 0.5) is 13.2 Å². The molecule has 0 unspecified atom stereocenters. The number of pyridine rings is 1. The Balaban J connectivity index is 0.00000364. The van der Waals surface area contributed by atoms with Gasteiger partial charge in [0.15, 0.2) is 12.6 Å². The summed E-state index contributed by atoms with van der Waals surface area (Å²) < 4.78 is 40.9. The molecule has 5 nitrogen and oxygen atoms in total. The molecule has 0 spiro atoms. The van der Waals surface area contributed by atoms with Crippen LogP contribution in [-0.2, 0) is 13.1 Å². The number of halogens is 4. The van der Waals surface area contributed by atoms with Gasteiger partial charge in [0.05, 0.1) is 0 Å². The molecule has 0 aliphatic carbocycles. The second-order valence-corrected chi connectivity index (χ2v) is 5.61. The molecule has 1 heterocycles. The number of aromatic nitrogens is 1. The maximum absolute atomic E-state index is 12.1. The number of aryl methyl sites for hydroxylation is 1. The monoisotopic (exact) mass is 494 g/mol. The first kappa shape index (κ1) is 23.0. The summed E-state index contributed by atoms with van der Waals surface area (Å²) >= 11 is 0. The van der Waals surface area contributed by atoms with E-state index in [4.69, 9.17) is 0 Å². The predicted molar refractivity (Wildman–Crippen MR) is 109 cm³/mol. The molecular formula is C18H22F3IN4O. The lowest BCUT2D eigenvalue weighted by molar-refractivity contribution is -0.154. The number of alkyl halides is 3. The Morgan fingerprint density at radius 3 is 2.41 bits per heavy atom. The minimum Gasteiger partial charge on any atom is -0.468 e. The minimum absolute atomic E-state index is 0. The summed E-state index contributed by atoms with van der Waals surface area (Å²) in [6, 6.07) is 11.1. The second-order valence-electron chi connectivity index (χ2n) is 5.61. The van der Waals surface area contributed by atoms with Gasteiger partial charge in [-0.25, -0.2) is 4.98 Å². The SMILES string of the molecule is CN=C(NCc1ccc(OCC(F)(F)F)nc1)NCc1ccccc1C.I. The molecule has 0 amide bonds. The summed E-state index contributed by atoms with van der Waals surface area (Å²) in [5, 5.41) is 6.34. The van der Waals surface area contributed by atoms with Crippen LogP contribution < -0.4 is 15.4 Å². The van der Waals surface area contributed by atoms with Gasteiger partial charge in [-0.1, -0.05) is 30.3 Å². The standard InChI is InChI=1S/C18H21F3N4O.HI/c1-13-5-3-4-6-15(13)11-25-17(22-2)24-10-14-7-8-16(23-9-14)26-12-18(19,20)21;/h3-9H,10-12H2,1-2H3,(H2,22,24,25);1H. The van der Waals surface area contributed by atoms with Crippen molar-refractivity contribution in [3.05, 3.63) is 59.3 Å². The van der Waals surface area contributed by atoms with Crippen molar-refractivity contribution >= 4 is 29.9 Å². The van der Waals surface area contributed by atoms with E-state index in [0.29, 0.717) is 19.0 Å².